The summed E-state index contributed by atoms with van der Waals surface area (Å²) in [4.78, 5) is 4.69. The summed E-state index contributed by atoms with van der Waals surface area (Å²) in [6.07, 6.45) is 2.06. The van der Waals surface area contributed by atoms with Crippen LogP contribution in [0.4, 0.5) is 5.82 Å². The van der Waals surface area contributed by atoms with Gasteiger partial charge in [0.15, 0.2) is 0 Å². The van der Waals surface area contributed by atoms with Crippen molar-refractivity contribution in [3.05, 3.63) is 28.8 Å². The molecule has 0 bridgehead atoms. The Labute approximate surface area is 118 Å². The number of fused-ring (bicyclic) bond motifs is 1. The summed E-state index contributed by atoms with van der Waals surface area (Å²) in [7, 11) is 1.65. The van der Waals surface area contributed by atoms with E-state index < -0.39 is 0 Å². The summed E-state index contributed by atoms with van der Waals surface area (Å²) in [6, 6.07) is 5.83. The van der Waals surface area contributed by atoms with E-state index in [1.807, 2.05) is 12.1 Å². The van der Waals surface area contributed by atoms with E-state index in [-0.39, 0.29) is 0 Å². The Balaban J connectivity index is 2.68. The second kappa shape index (κ2) is 6.11. The molecule has 0 fully saturated rings. The molecule has 1 aromatic carbocycles. The van der Waals surface area contributed by atoms with Crippen molar-refractivity contribution < 1.29 is 4.74 Å². The van der Waals surface area contributed by atoms with Gasteiger partial charge in [0.25, 0.3) is 0 Å². The monoisotopic (exact) mass is 278 g/mol. The number of aromatic nitrogens is 1. The average molecular weight is 279 g/mol. The summed E-state index contributed by atoms with van der Waals surface area (Å²) >= 11 is 6.27. The lowest BCUT2D eigenvalue weighted by Gasteiger charge is -2.13. The second-order valence-electron chi connectivity index (χ2n) is 4.42. The molecule has 0 unspecified atom stereocenters. The van der Waals surface area contributed by atoms with E-state index in [2.05, 4.69) is 25.2 Å². The van der Waals surface area contributed by atoms with Gasteiger partial charge in [-0.2, -0.15) is 0 Å². The van der Waals surface area contributed by atoms with Crippen molar-refractivity contribution in [2.24, 2.45) is 0 Å². The predicted octanol–water partition coefficient (Wildman–Crippen LogP) is 4.28. The van der Waals surface area contributed by atoms with Gasteiger partial charge in [0.1, 0.15) is 17.1 Å². The number of ether oxygens (including phenoxy) is 1. The third-order valence-corrected chi connectivity index (χ3v) is 3.39. The first-order valence-corrected chi connectivity index (χ1v) is 6.99. The lowest BCUT2D eigenvalue weighted by Crippen LogP contribution is -2.04. The van der Waals surface area contributed by atoms with E-state index >= 15 is 0 Å². The van der Waals surface area contributed by atoms with E-state index in [4.69, 9.17) is 21.3 Å². The lowest BCUT2D eigenvalue weighted by molar-refractivity contribution is 0.419. The number of methoxy groups -OCH3 is 1. The van der Waals surface area contributed by atoms with Crippen LogP contribution in [0.5, 0.6) is 5.75 Å². The standard InChI is InChI=1S/C15H19ClN2O/c1-4-6-10-9-11-12(16)7-8-13(19-3)14(11)18-15(10)17-5-2/h7-9H,4-6H2,1-3H3,(H,17,18). The van der Waals surface area contributed by atoms with Crippen LogP contribution in [0.3, 0.4) is 0 Å². The lowest BCUT2D eigenvalue weighted by atomic mass is 10.1. The summed E-state index contributed by atoms with van der Waals surface area (Å²) in [5.41, 5.74) is 2.01. The molecular formula is C15H19ClN2O. The number of aryl methyl sites for hydroxylation is 1. The van der Waals surface area contributed by atoms with Gasteiger partial charge in [-0.25, -0.2) is 4.98 Å². The molecule has 2 rings (SSSR count). The first-order chi connectivity index (χ1) is 9.21. The molecule has 0 atom stereocenters. The third-order valence-electron chi connectivity index (χ3n) is 3.06. The predicted molar refractivity (Wildman–Crippen MR) is 81.5 cm³/mol. The van der Waals surface area contributed by atoms with Gasteiger partial charge in [0.05, 0.1) is 12.1 Å². The molecule has 1 aromatic heterocycles. The molecule has 4 heteroatoms. The number of nitrogens with zero attached hydrogens (tertiary/aromatic N) is 1. The van der Waals surface area contributed by atoms with E-state index in [1.54, 1.807) is 7.11 Å². The number of halogens is 1. The average Bonchev–Trinajstić information content (AvgIpc) is 2.41. The van der Waals surface area contributed by atoms with E-state index in [1.165, 1.54) is 5.56 Å². The number of pyridine rings is 1. The molecule has 0 aliphatic heterocycles. The maximum atomic E-state index is 6.27. The largest absolute Gasteiger partial charge is 0.494 e. The van der Waals surface area contributed by atoms with Crippen LogP contribution in [0.1, 0.15) is 25.8 Å². The molecule has 0 radical (unpaired) electrons. The van der Waals surface area contributed by atoms with Crippen LogP contribution in [-0.4, -0.2) is 18.6 Å². The zero-order valence-corrected chi connectivity index (χ0v) is 12.3. The number of hydrogen-bond donors (Lipinski definition) is 1. The van der Waals surface area contributed by atoms with Crippen LogP contribution < -0.4 is 10.1 Å². The highest BCUT2D eigenvalue weighted by atomic mass is 35.5. The zero-order chi connectivity index (χ0) is 13.8. The first kappa shape index (κ1) is 13.9. The number of hydrogen-bond acceptors (Lipinski definition) is 3. The number of nitrogens with one attached hydrogen (secondary N) is 1. The SMILES string of the molecule is CCCc1cc2c(Cl)ccc(OC)c2nc1NCC. The van der Waals surface area contributed by atoms with Crippen molar-refractivity contribution in [3.8, 4) is 5.75 Å². The fraction of sp³-hybridized carbons (Fsp3) is 0.400. The van der Waals surface area contributed by atoms with Gasteiger partial charge in [-0.15, -0.1) is 0 Å². The number of benzene rings is 1. The van der Waals surface area contributed by atoms with Gasteiger partial charge < -0.3 is 10.1 Å². The smallest absolute Gasteiger partial charge is 0.145 e. The molecular weight excluding hydrogens is 260 g/mol. The van der Waals surface area contributed by atoms with Crippen LogP contribution in [0.15, 0.2) is 18.2 Å². The fourth-order valence-corrected chi connectivity index (χ4v) is 2.39. The minimum atomic E-state index is 0.712. The van der Waals surface area contributed by atoms with Crippen molar-refractivity contribution in [1.82, 2.24) is 4.98 Å². The Morgan fingerprint density at radius 1 is 1.32 bits per heavy atom. The van der Waals surface area contributed by atoms with Crippen molar-refractivity contribution >= 4 is 28.3 Å². The summed E-state index contributed by atoms with van der Waals surface area (Å²) in [5, 5.41) is 4.98. The molecule has 1 N–H and O–H groups in total. The topological polar surface area (TPSA) is 34.1 Å². The maximum absolute atomic E-state index is 6.27. The summed E-state index contributed by atoms with van der Waals surface area (Å²) < 4.78 is 5.37. The number of anilines is 1. The molecule has 102 valence electrons. The van der Waals surface area contributed by atoms with Crippen LogP contribution in [-0.2, 0) is 6.42 Å². The fourth-order valence-electron chi connectivity index (χ4n) is 2.19. The molecule has 0 saturated carbocycles. The molecule has 3 nitrogen and oxygen atoms in total. The Hall–Kier alpha value is -1.48. The molecule has 0 spiro atoms. The minimum Gasteiger partial charge on any atom is -0.494 e. The van der Waals surface area contributed by atoms with E-state index in [0.29, 0.717) is 5.02 Å². The second-order valence-corrected chi connectivity index (χ2v) is 4.83. The van der Waals surface area contributed by atoms with Crippen molar-refractivity contribution in [3.63, 3.8) is 0 Å². The molecule has 2 aromatic rings. The highest BCUT2D eigenvalue weighted by Gasteiger charge is 2.11. The van der Waals surface area contributed by atoms with Gasteiger partial charge in [0.2, 0.25) is 0 Å². The zero-order valence-electron chi connectivity index (χ0n) is 11.6. The van der Waals surface area contributed by atoms with Crippen LogP contribution in [0.2, 0.25) is 5.02 Å². The van der Waals surface area contributed by atoms with Gasteiger partial charge in [0, 0.05) is 11.9 Å². The van der Waals surface area contributed by atoms with E-state index in [9.17, 15) is 0 Å². The highest BCUT2D eigenvalue weighted by Crippen LogP contribution is 2.33. The van der Waals surface area contributed by atoms with Crippen LogP contribution >= 0.6 is 11.6 Å². The van der Waals surface area contributed by atoms with Crippen LogP contribution in [0, 0.1) is 0 Å². The van der Waals surface area contributed by atoms with Gasteiger partial charge in [-0.1, -0.05) is 24.9 Å². The Kier molecular flexibility index (Phi) is 4.48. The Morgan fingerprint density at radius 3 is 2.74 bits per heavy atom. The highest BCUT2D eigenvalue weighted by molar-refractivity contribution is 6.35. The van der Waals surface area contributed by atoms with Gasteiger partial charge in [-0.05, 0) is 37.1 Å². The third kappa shape index (κ3) is 2.76. The molecule has 0 aliphatic rings. The first-order valence-electron chi connectivity index (χ1n) is 6.61. The summed E-state index contributed by atoms with van der Waals surface area (Å²) in [6.45, 7) is 5.07. The van der Waals surface area contributed by atoms with Crippen molar-refractivity contribution in [2.45, 2.75) is 26.7 Å². The minimum absolute atomic E-state index is 0.712. The maximum Gasteiger partial charge on any atom is 0.145 e. The van der Waals surface area contributed by atoms with E-state index in [0.717, 1.165) is 41.9 Å². The Bertz CT molecular complexity index is 584. The Morgan fingerprint density at radius 2 is 2.11 bits per heavy atom. The van der Waals surface area contributed by atoms with Crippen LogP contribution in [0.25, 0.3) is 10.9 Å². The molecule has 19 heavy (non-hydrogen) atoms. The number of rotatable bonds is 5. The molecule has 0 saturated heterocycles. The molecule has 0 amide bonds. The summed E-state index contributed by atoms with van der Waals surface area (Å²) in [5.74, 6) is 1.68. The van der Waals surface area contributed by atoms with Crippen molar-refractivity contribution in [1.29, 1.82) is 0 Å². The van der Waals surface area contributed by atoms with Gasteiger partial charge >= 0.3 is 0 Å². The van der Waals surface area contributed by atoms with Crippen molar-refractivity contribution in [2.75, 3.05) is 19.0 Å². The normalized spacial score (nSPS) is 10.7. The quantitative estimate of drug-likeness (QED) is 0.886. The molecule has 0 aliphatic carbocycles. The van der Waals surface area contributed by atoms with Gasteiger partial charge in [-0.3, -0.25) is 0 Å². The molecule has 1 heterocycles.